The number of oxazole rings is 1. The second kappa shape index (κ2) is 8.67. The van der Waals surface area contributed by atoms with E-state index < -0.39 is 0 Å². The number of benzene rings is 2. The molecule has 0 aliphatic rings. The topological polar surface area (TPSA) is 64.3 Å². The third-order valence-corrected chi connectivity index (χ3v) is 4.42. The van der Waals surface area contributed by atoms with Gasteiger partial charge in [-0.1, -0.05) is 24.3 Å². The van der Waals surface area contributed by atoms with Gasteiger partial charge in [0, 0.05) is 37.2 Å². The van der Waals surface area contributed by atoms with Crippen LogP contribution in [0.3, 0.4) is 0 Å². The quantitative estimate of drug-likeness (QED) is 0.452. The van der Waals surface area contributed by atoms with Gasteiger partial charge in [-0.25, -0.2) is 4.98 Å². The fourth-order valence-electron chi connectivity index (χ4n) is 3.02. The third kappa shape index (κ3) is 4.86. The van der Waals surface area contributed by atoms with Gasteiger partial charge in [-0.15, -0.1) is 0 Å². The van der Waals surface area contributed by atoms with E-state index in [0.29, 0.717) is 19.0 Å². The summed E-state index contributed by atoms with van der Waals surface area (Å²) in [7, 11) is 2.02. The molecular formula is C23H22N4O2. The number of aryl methyl sites for hydroxylation is 1. The van der Waals surface area contributed by atoms with Gasteiger partial charge in [-0.05, 0) is 44.3 Å². The Kier molecular flexibility index (Phi) is 5.63. The van der Waals surface area contributed by atoms with Gasteiger partial charge in [-0.2, -0.15) is 0 Å². The number of hydrogen-bond donors (Lipinski definition) is 0. The van der Waals surface area contributed by atoms with Gasteiger partial charge < -0.3 is 9.15 Å². The van der Waals surface area contributed by atoms with Crippen molar-refractivity contribution in [2.75, 3.05) is 7.05 Å². The first-order valence-corrected chi connectivity index (χ1v) is 9.40. The lowest BCUT2D eigenvalue weighted by Crippen LogP contribution is -2.18. The molecule has 0 fully saturated rings. The summed E-state index contributed by atoms with van der Waals surface area (Å²) in [4.78, 5) is 15.3. The highest BCUT2D eigenvalue weighted by Gasteiger charge is 2.14. The van der Waals surface area contributed by atoms with Crippen LogP contribution >= 0.6 is 0 Å². The molecule has 0 radical (unpaired) electrons. The lowest BCUT2D eigenvalue weighted by atomic mass is 10.2. The van der Waals surface area contributed by atoms with Crippen LogP contribution in [-0.4, -0.2) is 26.9 Å². The number of hydrogen-bond acceptors (Lipinski definition) is 6. The molecule has 0 saturated heterocycles. The normalized spacial score (nSPS) is 11.0. The van der Waals surface area contributed by atoms with Crippen molar-refractivity contribution in [1.82, 2.24) is 19.9 Å². The maximum Gasteiger partial charge on any atom is 0.226 e. The fraction of sp³-hybridized carbons (Fsp3) is 0.174. The van der Waals surface area contributed by atoms with E-state index in [9.17, 15) is 0 Å². The lowest BCUT2D eigenvalue weighted by Gasteiger charge is -2.14. The summed E-state index contributed by atoms with van der Waals surface area (Å²) in [6, 6.07) is 17.5. The van der Waals surface area contributed by atoms with Crippen LogP contribution in [0.1, 0.15) is 17.1 Å². The van der Waals surface area contributed by atoms with Crippen molar-refractivity contribution in [3.8, 4) is 23.0 Å². The van der Waals surface area contributed by atoms with E-state index in [2.05, 4.69) is 14.9 Å². The predicted molar refractivity (Wildman–Crippen MR) is 110 cm³/mol. The molecule has 2 heterocycles. The van der Waals surface area contributed by atoms with Gasteiger partial charge in [-0.3, -0.25) is 14.9 Å². The first-order valence-electron chi connectivity index (χ1n) is 9.40. The average molecular weight is 386 g/mol. The van der Waals surface area contributed by atoms with Crippen molar-refractivity contribution < 1.29 is 9.15 Å². The monoisotopic (exact) mass is 386 g/mol. The zero-order valence-corrected chi connectivity index (χ0v) is 16.4. The van der Waals surface area contributed by atoms with Gasteiger partial charge >= 0.3 is 0 Å². The Morgan fingerprint density at radius 3 is 2.59 bits per heavy atom. The Balaban J connectivity index is 1.48. The minimum Gasteiger partial charge on any atom is -0.457 e. The van der Waals surface area contributed by atoms with Crippen LogP contribution in [0, 0.1) is 6.92 Å². The number of nitrogens with zero attached hydrogens (tertiary/aromatic N) is 4. The second-order valence-corrected chi connectivity index (χ2v) is 6.83. The lowest BCUT2D eigenvalue weighted by molar-refractivity contribution is 0.309. The molecule has 2 aromatic carbocycles. The Morgan fingerprint density at radius 1 is 0.966 bits per heavy atom. The molecule has 2 aromatic heterocycles. The summed E-state index contributed by atoms with van der Waals surface area (Å²) in [6.07, 6.45) is 5.15. The number of aromatic nitrogens is 3. The molecule has 0 aliphatic carbocycles. The smallest absolute Gasteiger partial charge is 0.226 e. The van der Waals surface area contributed by atoms with Crippen molar-refractivity contribution in [1.29, 1.82) is 0 Å². The molecular weight excluding hydrogens is 364 g/mol. The highest BCUT2D eigenvalue weighted by Crippen LogP contribution is 2.28. The van der Waals surface area contributed by atoms with Crippen LogP contribution in [0.15, 0.2) is 77.6 Å². The SMILES string of the molecule is Cc1oc(-c2cccc(Oc3ccccc3)c2)nc1CN(C)Cc1cnccn1. The van der Waals surface area contributed by atoms with Crippen molar-refractivity contribution in [3.05, 3.63) is 90.3 Å². The van der Waals surface area contributed by atoms with E-state index in [4.69, 9.17) is 14.1 Å². The zero-order valence-electron chi connectivity index (χ0n) is 16.4. The number of para-hydroxylation sites is 1. The zero-order chi connectivity index (χ0) is 20.1. The second-order valence-electron chi connectivity index (χ2n) is 6.83. The number of ether oxygens (including phenoxy) is 1. The minimum absolute atomic E-state index is 0.587. The van der Waals surface area contributed by atoms with Crippen molar-refractivity contribution >= 4 is 0 Å². The highest BCUT2D eigenvalue weighted by atomic mass is 16.5. The third-order valence-electron chi connectivity index (χ3n) is 4.42. The molecule has 4 aromatic rings. The summed E-state index contributed by atoms with van der Waals surface area (Å²) >= 11 is 0. The Hall–Kier alpha value is -3.51. The number of rotatable bonds is 7. The van der Waals surface area contributed by atoms with E-state index in [1.165, 1.54) is 0 Å². The van der Waals surface area contributed by atoms with E-state index >= 15 is 0 Å². The molecule has 0 saturated carbocycles. The van der Waals surface area contributed by atoms with E-state index in [-0.39, 0.29) is 0 Å². The molecule has 6 nitrogen and oxygen atoms in total. The van der Waals surface area contributed by atoms with Crippen molar-refractivity contribution in [3.63, 3.8) is 0 Å². The molecule has 0 aliphatic heterocycles. The first kappa shape index (κ1) is 18.8. The van der Waals surface area contributed by atoms with E-state index in [1.807, 2.05) is 68.6 Å². The molecule has 0 atom stereocenters. The molecule has 0 amide bonds. The van der Waals surface area contributed by atoms with Crippen LogP contribution in [0.25, 0.3) is 11.5 Å². The summed E-state index contributed by atoms with van der Waals surface area (Å²) in [6.45, 7) is 3.29. The maximum atomic E-state index is 5.94. The van der Waals surface area contributed by atoms with Crippen molar-refractivity contribution in [2.24, 2.45) is 0 Å². The van der Waals surface area contributed by atoms with Gasteiger partial charge in [0.25, 0.3) is 0 Å². The van der Waals surface area contributed by atoms with Gasteiger partial charge in [0.2, 0.25) is 5.89 Å². The largest absolute Gasteiger partial charge is 0.457 e. The molecule has 0 bridgehead atoms. The van der Waals surface area contributed by atoms with Crippen LogP contribution in [-0.2, 0) is 13.1 Å². The standard InChI is InChI=1S/C23H22N4O2/c1-17-22(16-27(2)15-19-14-24-11-12-25-19)26-23(28-17)18-7-6-10-21(13-18)29-20-8-4-3-5-9-20/h3-14H,15-16H2,1-2H3. The minimum atomic E-state index is 0.587. The van der Waals surface area contributed by atoms with Gasteiger partial charge in [0.05, 0.1) is 11.4 Å². The van der Waals surface area contributed by atoms with Crippen molar-refractivity contribution in [2.45, 2.75) is 20.0 Å². The van der Waals surface area contributed by atoms with Gasteiger partial charge in [0.1, 0.15) is 17.3 Å². The molecule has 0 spiro atoms. The molecule has 0 unspecified atom stereocenters. The van der Waals surface area contributed by atoms with Crippen LogP contribution in [0.5, 0.6) is 11.5 Å². The van der Waals surface area contributed by atoms with Crippen LogP contribution < -0.4 is 4.74 Å². The van der Waals surface area contributed by atoms with E-state index in [0.717, 1.165) is 34.2 Å². The maximum absolute atomic E-state index is 5.94. The van der Waals surface area contributed by atoms with Crippen LogP contribution in [0.2, 0.25) is 0 Å². The van der Waals surface area contributed by atoms with Gasteiger partial charge in [0.15, 0.2) is 0 Å². The van der Waals surface area contributed by atoms with Crippen LogP contribution in [0.4, 0.5) is 0 Å². The summed E-state index contributed by atoms with van der Waals surface area (Å²) < 4.78 is 11.9. The first-order chi connectivity index (χ1) is 14.2. The summed E-state index contributed by atoms with van der Waals surface area (Å²) in [5.41, 5.74) is 2.70. The molecule has 146 valence electrons. The van der Waals surface area contributed by atoms with E-state index in [1.54, 1.807) is 18.6 Å². The Bertz CT molecular complexity index is 1060. The average Bonchev–Trinajstić information content (AvgIpc) is 3.10. The summed E-state index contributed by atoms with van der Waals surface area (Å²) in [5.74, 6) is 2.93. The molecule has 29 heavy (non-hydrogen) atoms. The molecule has 4 rings (SSSR count). The Labute approximate surface area is 169 Å². The highest BCUT2D eigenvalue weighted by molar-refractivity contribution is 5.57. The summed E-state index contributed by atoms with van der Waals surface area (Å²) in [5, 5.41) is 0. The molecule has 0 N–H and O–H groups in total. The Morgan fingerprint density at radius 2 is 1.79 bits per heavy atom. The fourth-order valence-corrected chi connectivity index (χ4v) is 3.02. The predicted octanol–water partition coefficient (Wildman–Crippen LogP) is 4.86. The molecule has 6 heteroatoms.